The van der Waals surface area contributed by atoms with Gasteiger partial charge < -0.3 is 19.7 Å². The van der Waals surface area contributed by atoms with Crippen molar-refractivity contribution < 1.29 is 14.3 Å². The number of hydrogen-bond acceptors (Lipinski definition) is 5. The van der Waals surface area contributed by atoms with Gasteiger partial charge in [-0.15, -0.1) is 0 Å². The summed E-state index contributed by atoms with van der Waals surface area (Å²) in [6.45, 7) is 5.84. The molecule has 4 rings (SSSR count). The fourth-order valence-corrected chi connectivity index (χ4v) is 4.28. The SMILES string of the molecule is COc1ccccc1N1CCN(CCCCNC(=O)/C=C/c2ccc(Oc3ccccc3)cc2)CC1. The highest BCUT2D eigenvalue weighted by Crippen LogP contribution is 2.28. The lowest BCUT2D eigenvalue weighted by atomic mass is 10.2. The Hall–Kier alpha value is -3.77. The molecule has 6 heteroatoms. The fourth-order valence-electron chi connectivity index (χ4n) is 4.28. The average molecular weight is 486 g/mol. The summed E-state index contributed by atoms with van der Waals surface area (Å²) in [5, 5.41) is 2.98. The molecule has 1 saturated heterocycles. The van der Waals surface area contributed by atoms with Crippen LogP contribution in [0.5, 0.6) is 17.2 Å². The van der Waals surface area contributed by atoms with Gasteiger partial charge in [0.2, 0.25) is 5.91 Å². The zero-order chi connectivity index (χ0) is 25.0. The third-order valence-corrected chi connectivity index (χ3v) is 6.28. The van der Waals surface area contributed by atoms with Gasteiger partial charge in [-0.1, -0.05) is 42.5 Å². The van der Waals surface area contributed by atoms with E-state index in [0.29, 0.717) is 6.54 Å². The number of hydrogen-bond donors (Lipinski definition) is 1. The molecule has 6 nitrogen and oxygen atoms in total. The number of nitrogens with zero attached hydrogens (tertiary/aromatic N) is 2. The number of benzene rings is 3. The molecule has 1 fully saturated rings. The molecule has 1 aliphatic heterocycles. The first-order valence-corrected chi connectivity index (χ1v) is 12.6. The van der Waals surface area contributed by atoms with Crippen LogP contribution < -0.4 is 19.7 Å². The predicted octanol–water partition coefficient (Wildman–Crippen LogP) is 5.22. The Morgan fingerprint density at radius 3 is 2.31 bits per heavy atom. The molecule has 0 saturated carbocycles. The van der Waals surface area contributed by atoms with Crippen LogP contribution in [0.15, 0.2) is 84.9 Å². The molecular weight excluding hydrogens is 450 g/mol. The maximum Gasteiger partial charge on any atom is 0.243 e. The van der Waals surface area contributed by atoms with E-state index < -0.39 is 0 Å². The summed E-state index contributed by atoms with van der Waals surface area (Å²) in [6.07, 6.45) is 5.45. The van der Waals surface area contributed by atoms with E-state index in [1.165, 1.54) is 5.69 Å². The van der Waals surface area contributed by atoms with Crippen molar-refractivity contribution in [3.63, 3.8) is 0 Å². The molecule has 188 valence electrons. The molecule has 1 heterocycles. The molecule has 3 aromatic rings. The molecule has 0 spiro atoms. The van der Waals surface area contributed by atoms with Crippen LogP contribution in [-0.4, -0.2) is 57.2 Å². The molecular formula is C30H35N3O3. The van der Waals surface area contributed by atoms with E-state index in [1.807, 2.05) is 72.8 Å². The largest absolute Gasteiger partial charge is 0.495 e. The van der Waals surface area contributed by atoms with E-state index in [4.69, 9.17) is 9.47 Å². The number of carbonyl (C=O) groups excluding carboxylic acids is 1. The Morgan fingerprint density at radius 2 is 1.56 bits per heavy atom. The number of carbonyl (C=O) groups is 1. The number of unbranched alkanes of at least 4 members (excludes halogenated alkanes) is 1. The molecule has 0 aromatic heterocycles. The highest BCUT2D eigenvalue weighted by molar-refractivity contribution is 5.91. The van der Waals surface area contributed by atoms with Crippen LogP contribution in [0.1, 0.15) is 18.4 Å². The van der Waals surface area contributed by atoms with Gasteiger partial charge in [0, 0.05) is 38.8 Å². The van der Waals surface area contributed by atoms with Crippen molar-refractivity contribution in [2.45, 2.75) is 12.8 Å². The van der Waals surface area contributed by atoms with Crippen molar-refractivity contribution in [1.29, 1.82) is 0 Å². The minimum absolute atomic E-state index is 0.0648. The van der Waals surface area contributed by atoms with E-state index >= 15 is 0 Å². The van der Waals surface area contributed by atoms with Crippen LogP contribution in [0.3, 0.4) is 0 Å². The topological polar surface area (TPSA) is 54.0 Å². The van der Waals surface area contributed by atoms with Crippen LogP contribution >= 0.6 is 0 Å². The minimum atomic E-state index is -0.0648. The number of methoxy groups -OCH3 is 1. The third-order valence-electron chi connectivity index (χ3n) is 6.28. The van der Waals surface area contributed by atoms with E-state index in [9.17, 15) is 4.79 Å². The zero-order valence-corrected chi connectivity index (χ0v) is 20.9. The first-order valence-electron chi connectivity index (χ1n) is 12.6. The third kappa shape index (κ3) is 7.62. The Kier molecular flexibility index (Phi) is 9.39. The minimum Gasteiger partial charge on any atom is -0.495 e. The number of para-hydroxylation sites is 3. The molecule has 0 atom stereocenters. The fraction of sp³-hybridized carbons (Fsp3) is 0.300. The van der Waals surface area contributed by atoms with Crippen molar-refractivity contribution in [1.82, 2.24) is 10.2 Å². The molecule has 0 radical (unpaired) electrons. The van der Waals surface area contributed by atoms with E-state index in [1.54, 1.807) is 13.2 Å². The molecule has 1 aliphatic rings. The first kappa shape index (κ1) is 25.3. The van der Waals surface area contributed by atoms with Crippen molar-refractivity contribution >= 4 is 17.7 Å². The lowest BCUT2D eigenvalue weighted by Crippen LogP contribution is -2.46. The summed E-state index contributed by atoms with van der Waals surface area (Å²) in [5.74, 6) is 2.44. The summed E-state index contributed by atoms with van der Waals surface area (Å²) in [5.41, 5.74) is 2.13. The summed E-state index contributed by atoms with van der Waals surface area (Å²) in [4.78, 5) is 17.1. The number of rotatable bonds is 11. The van der Waals surface area contributed by atoms with Crippen molar-refractivity contribution in [3.8, 4) is 17.2 Å². The number of ether oxygens (including phenoxy) is 2. The second-order valence-corrected chi connectivity index (χ2v) is 8.82. The van der Waals surface area contributed by atoms with E-state index in [0.717, 1.165) is 68.4 Å². The van der Waals surface area contributed by atoms with Gasteiger partial charge >= 0.3 is 0 Å². The first-order chi connectivity index (χ1) is 17.7. The monoisotopic (exact) mass is 485 g/mol. The van der Waals surface area contributed by atoms with E-state index in [-0.39, 0.29) is 5.91 Å². The van der Waals surface area contributed by atoms with Gasteiger partial charge in [-0.2, -0.15) is 0 Å². The van der Waals surface area contributed by atoms with Crippen LogP contribution in [0.4, 0.5) is 5.69 Å². The second-order valence-electron chi connectivity index (χ2n) is 8.82. The summed E-state index contributed by atoms with van der Waals surface area (Å²) in [6, 6.07) is 25.6. The standard InChI is InChI=1S/C30H35N3O3/c1-35-29-12-6-5-11-28(29)33-23-21-32(22-24-33)20-8-7-19-31-30(34)18-15-25-13-16-27(17-14-25)36-26-9-3-2-4-10-26/h2-6,9-18H,7-8,19-24H2,1H3,(H,31,34)/b18-15+. The van der Waals surface area contributed by atoms with Gasteiger partial charge in [-0.05, 0) is 67.4 Å². The van der Waals surface area contributed by atoms with Crippen molar-refractivity contribution in [2.24, 2.45) is 0 Å². The molecule has 1 N–H and O–H groups in total. The molecule has 0 bridgehead atoms. The van der Waals surface area contributed by atoms with Gasteiger partial charge in [-0.25, -0.2) is 0 Å². The highest BCUT2D eigenvalue weighted by Gasteiger charge is 2.19. The quantitative estimate of drug-likeness (QED) is 0.298. The van der Waals surface area contributed by atoms with Crippen molar-refractivity contribution in [2.75, 3.05) is 51.3 Å². The van der Waals surface area contributed by atoms with Crippen LogP contribution in [0.2, 0.25) is 0 Å². The lowest BCUT2D eigenvalue weighted by molar-refractivity contribution is -0.116. The Bertz CT molecular complexity index is 1110. The van der Waals surface area contributed by atoms with Gasteiger partial charge in [-0.3, -0.25) is 9.69 Å². The van der Waals surface area contributed by atoms with Crippen LogP contribution in [-0.2, 0) is 4.79 Å². The van der Waals surface area contributed by atoms with Crippen LogP contribution in [0.25, 0.3) is 6.08 Å². The lowest BCUT2D eigenvalue weighted by Gasteiger charge is -2.36. The Morgan fingerprint density at radius 1 is 0.861 bits per heavy atom. The van der Waals surface area contributed by atoms with E-state index in [2.05, 4.69) is 27.2 Å². The molecule has 3 aromatic carbocycles. The normalized spacial score (nSPS) is 14.1. The number of piperazine rings is 1. The number of nitrogens with one attached hydrogen (secondary N) is 1. The Labute approximate surface area is 214 Å². The van der Waals surface area contributed by atoms with Gasteiger partial charge in [0.25, 0.3) is 0 Å². The molecule has 0 aliphatic carbocycles. The maximum absolute atomic E-state index is 12.2. The number of amides is 1. The smallest absolute Gasteiger partial charge is 0.243 e. The highest BCUT2D eigenvalue weighted by atomic mass is 16.5. The number of anilines is 1. The van der Waals surface area contributed by atoms with Crippen molar-refractivity contribution in [3.05, 3.63) is 90.5 Å². The second kappa shape index (κ2) is 13.4. The zero-order valence-electron chi connectivity index (χ0n) is 20.9. The van der Waals surface area contributed by atoms with Gasteiger partial charge in [0.05, 0.1) is 12.8 Å². The summed E-state index contributed by atoms with van der Waals surface area (Å²) >= 11 is 0. The summed E-state index contributed by atoms with van der Waals surface area (Å²) < 4.78 is 11.3. The van der Waals surface area contributed by atoms with Gasteiger partial charge in [0.15, 0.2) is 0 Å². The maximum atomic E-state index is 12.2. The average Bonchev–Trinajstić information content (AvgIpc) is 2.93. The molecule has 1 amide bonds. The Balaban J connectivity index is 1.09. The van der Waals surface area contributed by atoms with Gasteiger partial charge in [0.1, 0.15) is 17.2 Å². The van der Waals surface area contributed by atoms with Crippen LogP contribution in [0, 0.1) is 0 Å². The summed E-state index contributed by atoms with van der Waals surface area (Å²) in [7, 11) is 1.73. The predicted molar refractivity (Wildman–Crippen MR) is 146 cm³/mol. The molecule has 0 unspecified atom stereocenters. The molecule has 36 heavy (non-hydrogen) atoms.